The zero-order valence-electron chi connectivity index (χ0n) is 19.4. The lowest BCUT2D eigenvalue weighted by molar-refractivity contribution is -0.129. The van der Waals surface area contributed by atoms with E-state index in [2.05, 4.69) is 4.98 Å². The smallest absolute Gasteiger partial charge is 0.259 e. The second-order valence-corrected chi connectivity index (χ2v) is 11.4. The van der Waals surface area contributed by atoms with Gasteiger partial charge in [0.2, 0.25) is 5.91 Å². The molecule has 1 aliphatic heterocycles. The summed E-state index contributed by atoms with van der Waals surface area (Å²) in [5.41, 5.74) is 3.05. The Bertz CT molecular complexity index is 1270. The van der Waals surface area contributed by atoms with E-state index in [1.165, 1.54) is 28.6 Å². The van der Waals surface area contributed by atoms with Crippen LogP contribution in [0.3, 0.4) is 0 Å². The minimum atomic E-state index is -0.0494. The van der Waals surface area contributed by atoms with Gasteiger partial charge < -0.3 is 9.88 Å². The number of ketones is 1. The summed E-state index contributed by atoms with van der Waals surface area (Å²) in [6.45, 7) is 3.24. The summed E-state index contributed by atoms with van der Waals surface area (Å²) in [4.78, 5) is 49.8. The Kier molecular flexibility index (Phi) is 6.88. The third-order valence-electron chi connectivity index (χ3n) is 6.89. The predicted molar refractivity (Wildman–Crippen MR) is 138 cm³/mol. The third-order valence-corrected chi connectivity index (χ3v) is 9.01. The van der Waals surface area contributed by atoms with Crippen LogP contribution < -0.4 is 5.56 Å². The molecule has 3 heterocycles. The fourth-order valence-corrected chi connectivity index (χ4v) is 7.02. The van der Waals surface area contributed by atoms with Crippen molar-refractivity contribution in [3.05, 3.63) is 62.0 Å². The van der Waals surface area contributed by atoms with Crippen LogP contribution in [0.4, 0.5) is 0 Å². The molecule has 2 aliphatic rings. The first-order chi connectivity index (χ1) is 16.5. The molecule has 0 atom stereocenters. The number of piperidine rings is 1. The SMILES string of the molecule is Cc1ccc(C(=O)C2CCN(C(=O)CSCc3nc4sc5c(c4c(=O)[nH]3)CCCC5)CC2)cc1. The molecule has 0 spiro atoms. The van der Waals surface area contributed by atoms with Crippen LogP contribution in [0.15, 0.2) is 29.1 Å². The molecule has 0 saturated carbocycles. The first-order valence-electron chi connectivity index (χ1n) is 12.0. The summed E-state index contributed by atoms with van der Waals surface area (Å²) in [5.74, 6) is 1.73. The number of fused-ring (bicyclic) bond motifs is 3. The van der Waals surface area contributed by atoms with Crippen molar-refractivity contribution in [1.29, 1.82) is 0 Å². The van der Waals surface area contributed by atoms with E-state index in [-0.39, 0.29) is 23.2 Å². The molecule has 178 valence electrons. The van der Waals surface area contributed by atoms with Gasteiger partial charge >= 0.3 is 0 Å². The highest BCUT2D eigenvalue weighted by Crippen LogP contribution is 2.33. The molecule has 1 fully saturated rings. The number of nitrogens with one attached hydrogen (secondary N) is 1. The van der Waals surface area contributed by atoms with Crippen LogP contribution in [0.1, 0.15) is 57.9 Å². The molecule has 0 unspecified atom stereocenters. The maximum absolute atomic E-state index is 12.8. The molecule has 5 rings (SSSR count). The number of nitrogens with zero attached hydrogens (tertiary/aromatic N) is 2. The summed E-state index contributed by atoms with van der Waals surface area (Å²) in [6, 6.07) is 7.73. The van der Waals surface area contributed by atoms with Crippen LogP contribution in [-0.4, -0.2) is 45.4 Å². The Morgan fingerprint density at radius 3 is 2.65 bits per heavy atom. The van der Waals surface area contributed by atoms with Gasteiger partial charge in [0.05, 0.1) is 16.9 Å². The summed E-state index contributed by atoms with van der Waals surface area (Å²) in [5, 5.41) is 0.771. The van der Waals surface area contributed by atoms with Crippen LogP contribution in [0.25, 0.3) is 10.2 Å². The molecule has 0 radical (unpaired) electrons. The van der Waals surface area contributed by atoms with Crippen LogP contribution >= 0.6 is 23.1 Å². The van der Waals surface area contributed by atoms with Crippen molar-refractivity contribution in [3.63, 3.8) is 0 Å². The molecule has 8 heteroatoms. The molecular weight excluding hydrogens is 466 g/mol. The normalized spacial score (nSPS) is 16.6. The second-order valence-electron chi connectivity index (χ2n) is 9.28. The van der Waals surface area contributed by atoms with E-state index in [1.807, 2.05) is 36.1 Å². The molecule has 1 aliphatic carbocycles. The minimum absolute atomic E-state index is 0.0166. The van der Waals surface area contributed by atoms with Crippen LogP contribution in [0.5, 0.6) is 0 Å². The van der Waals surface area contributed by atoms with Gasteiger partial charge in [-0.1, -0.05) is 29.8 Å². The van der Waals surface area contributed by atoms with Crippen molar-refractivity contribution in [3.8, 4) is 0 Å². The Morgan fingerprint density at radius 2 is 1.88 bits per heavy atom. The fraction of sp³-hybridized carbons (Fsp3) is 0.462. The third kappa shape index (κ3) is 4.84. The van der Waals surface area contributed by atoms with Crippen LogP contribution in [0.2, 0.25) is 0 Å². The zero-order valence-corrected chi connectivity index (χ0v) is 21.0. The maximum atomic E-state index is 12.8. The summed E-state index contributed by atoms with van der Waals surface area (Å²) < 4.78 is 0. The number of carbonyl (C=O) groups is 2. The van der Waals surface area contributed by atoms with Gasteiger partial charge in [0.15, 0.2) is 5.78 Å². The zero-order chi connectivity index (χ0) is 23.7. The van der Waals surface area contributed by atoms with E-state index in [9.17, 15) is 14.4 Å². The van der Waals surface area contributed by atoms with Gasteiger partial charge in [-0.15, -0.1) is 23.1 Å². The molecule has 2 aromatic heterocycles. The lowest BCUT2D eigenvalue weighted by Crippen LogP contribution is -2.41. The number of carbonyl (C=O) groups excluding carboxylic acids is 2. The minimum Gasteiger partial charge on any atom is -0.342 e. The van der Waals surface area contributed by atoms with Crippen molar-refractivity contribution in [2.24, 2.45) is 5.92 Å². The molecule has 0 bridgehead atoms. The van der Waals surface area contributed by atoms with Crippen molar-refractivity contribution >= 4 is 45.0 Å². The van der Waals surface area contributed by atoms with Crippen LogP contribution in [0, 0.1) is 12.8 Å². The van der Waals surface area contributed by atoms with Gasteiger partial charge in [0, 0.05) is 29.4 Å². The highest BCUT2D eigenvalue weighted by atomic mass is 32.2. The number of Topliss-reactive ketones (excluding diaryl/α,β-unsaturated/α-hetero) is 1. The molecule has 1 N–H and O–H groups in total. The van der Waals surface area contributed by atoms with E-state index in [0.29, 0.717) is 43.3 Å². The van der Waals surface area contributed by atoms with E-state index in [4.69, 9.17) is 4.98 Å². The molecular formula is C26H29N3O3S2. The molecule has 1 amide bonds. The van der Waals surface area contributed by atoms with Crippen LogP contribution in [-0.2, 0) is 23.4 Å². The fourth-order valence-electron chi connectivity index (χ4n) is 4.95. The molecule has 3 aromatic rings. The Balaban J connectivity index is 1.13. The number of aromatic amines is 1. The Hall–Kier alpha value is -2.45. The highest BCUT2D eigenvalue weighted by molar-refractivity contribution is 7.99. The largest absolute Gasteiger partial charge is 0.342 e. The summed E-state index contributed by atoms with van der Waals surface area (Å²) in [7, 11) is 0. The summed E-state index contributed by atoms with van der Waals surface area (Å²) >= 11 is 3.13. The number of thiophene rings is 1. The second kappa shape index (κ2) is 10.0. The van der Waals surface area contributed by atoms with Gasteiger partial charge in [-0.25, -0.2) is 4.98 Å². The number of aryl methyl sites for hydroxylation is 3. The van der Waals surface area contributed by atoms with Crippen molar-refractivity contribution < 1.29 is 9.59 Å². The number of rotatable bonds is 6. The van der Waals surface area contributed by atoms with Gasteiger partial charge in [-0.05, 0) is 51.0 Å². The first kappa shape index (κ1) is 23.3. The standard InChI is InChI=1S/C26H29N3O3S2/c1-16-6-8-17(9-7-16)24(31)18-10-12-29(13-11-18)22(30)15-33-14-21-27-25(32)23-19-4-2-3-5-20(19)34-26(23)28-21/h6-9,18H,2-5,10-15H2,1H3,(H,27,28,32). The number of thioether (sulfide) groups is 1. The van der Waals surface area contributed by atoms with Gasteiger partial charge in [-0.2, -0.15) is 0 Å². The highest BCUT2D eigenvalue weighted by Gasteiger charge is 2.28. The van der Waals surface area contributed by atoms with Gasteiger partial charge in [0.25, 0.3) is 5.56 Å². The topological polar surface area (TPSA) is 83.1 Å². The average molecular weight is 496 g/mol. The summed E-state index contributed by atoms with van der Waals surface area (Å²) in [6.07, 6.45) is 5.74. The monoisotopic (exact) mass is 495 g/mol. The van der Waals surface area contributed by atoms with E-state index >= 15 is 0 Å². The van der Waals surface area contributed by atoms with Crippen molar-refractivity contribution in [2.45, 2.75) is 51.2 Å². The molecule has 1 saturated heterocycles. The predicted octanol–water partition coefficient (Wildman–Crippen LogP) is 4.53. The van der Waals surface area contributed by atoms with E-state index in [0.717, 1.165) is 40.6 Å². The number of H-pyrrole nitrogens is 1. The number of amides is 1. The molecule has 1 aromatic carbocycles. The number of aromatic nitrogens is 2. The van der Waals surface area contributed by atoms with E-state index in [1.54, 1.807) is 11.3 Å². The van der Waals surface area contributed by atoms with E-state index < -0.39 is 0 Å². The number of hydrogen-bond acceptors (Lipinski definition) is 6. The Morgan fingerprint density at radius 1 is 1.15 bits per heavy atom. The van der Waals surface area contributed by atoms with Gasteiger partial charge in [-0.3, -0.25) is 14.4 Å². The number of benzene rings is 1. The first-order valence-corrected chi connectivity index (χ1v) is 14.0. The lowest BCUT2D eigenvalue weighted by Gasteiger charge is -2.31. The van der Waals surface area contributed by atoms with Crippen molar-refractivity contribution in [2.75, 3.05) is 18.8 Å². The molecule has 6 nitrogen and oxygen atoms in total. The van der Waals surface area contributed by atoms with Crippen molar-refractivity contribution in [1.82, 2.24) is 14.9 Å². The number of hydrogen-bond donors (Lipinski definition) is 1. The maximum Gasteiger partial charge on any atom is 0.259 e. The van der Waals surface area contributed by atoms with Gasteiger partial charge in [0.1, 0.15) is 10.7 Å². The Labute approximate surface area is 207 Å². The number of likely N-dealkylation sites (tertiary alicyclic amines) is 1. The lowest BCUT2D eigenvalue weighted by atomic mass is 9.88. The average Bonchev–Trinajstić information content (AvgIpc) is 3.23. The quantitative estimate of drug-likeness (QED) is 0.508. The molecule has 34 heavy (non-hydrogen) atoms.